The molecule has 192 valence electrons. The molecule has 0 bridgehead atoms. The predicted molar refractivity (Wildman–Crippen MR) is 143 cm³/mol. The molecule has 0 radical (unpaired) electrons. The van der Waals surface area contributed by atoms with E-state index in [1.807, 2.05) is 25.1 Å². The molecule has 4 rings (SSSR count). The Morgan fingerprint density at radius 2 is 1.89 bits per heavy atom. The molecule has 2 amide bonds. The number of methoxy groups -OCH3 is 1. The summed E-state index contributed by atoms with van der Waals surface area (Å²) >= 11 is 10.6. The van der Waals surface area contributed by atoms with Crippen LogP contribution in [0, 0.1) is 0 Å². The lowest BCUT2D eigenvalue weighted by Crippen LogP contribution is -2.27. The lowest BCUT2D eigenvalue weighted by Gasteiger charge is -2.15. The SMILES string of the molecule is CCOc1cc(/C=C2/SC(=O)N(Cc3ccc(C(=O)OC)o3)C2=O)c(Br)cc1OCc1ccccc1Cl. The van der Waals surface area contributed by atoms with Crippen molar-refractivity contribution in [1.29, 1.82) is 0 Å². The van der Waals surface area contributed by atoms with Crippen LogP contribution in [-0.4, -0.2) is 35.7 Å². The van der Waals surface area contributed by atoms with Crippen LogP contribution in [-0.2, 0) is 22.7 Å². The van der Waals surface area contributed by atoms with Crippen molar-refractivity contribution in [3.63, 3.8) is 0 Å². The molecule has 2 aromatic carbocycles. The molecule has 1 fully saturated rings. The molecule has 0 saturated carbocycles. The number of carbonyl (C=O) groups excluding carboxylic acids is 3. The Labute approximate surface area is 230 Å². The van der Waals surface area contributed by atoms with Crippen molar-refractivity contribution in [2.75, 3.05) is 13.7 Å². The Bertz CT molecular complexity index is 1390. The number of esters is 1. The second-order valence-corrected chi connectivity index (χ2v) is 9.91. The smallest absolute Gasteiger partial charge is 0.373 e. The van der Waals surface area contributed by atoms with Crippen LogP contribution in [0.15, 0.2) is 62.3 Å². The number of rotatable bonds is 9. The summed E-state index contributed by atoms with van der Waals surface area (Å²) in [5, 5.41) is 0.149. The number of carbonyl (C=O) groups is 3. The molecular formula is C26H21BrClNO7S. The first kappa shape index (κ1) is 26.8. The molecule has 1 saturated heterocycles. The third kappa shape index (κ3) is 6.20. The molecule has 11 heteroatoms. The number of thioether (sulfide) groups is 1. The number of hydrogen-bond donors (Lipinski definition) is 0. The number of imide groups is 1. The summed E-state index contributed by atoms with van der Waals surface area (Å²) in [6.45, 7) is 2.38. The lowest BCUT2D eigenvalue weighted by molar-refractivity contribution is -0.123. The Hall–Kier alpha value is -3.21. The van der Waals surface area contributed by atoms with Gasteiger partial charge in [0, 0.05) is 15.1 Å². The topological polar surface area (TPSA) is 95.3 Å². The highest BCUT2D eigenvalue weighted by Gasteiger charge is 2.36. The molecule has 8 nitrogen and oxygen atoms in total. The summed E-state index contributed by atoms with van der Waals surface area (Å²) in [6, 6.07) is 13.8. The molecule has 37 heavy (non-hydrogen) atoms. The van der Waals surface area contributed by atoms with Gasteiger partial charge in [0.2, 0.25) is 5.76 Å². The van der Waals surface area contributed by atoms with E-state index in [2.05, 4.69) is 20.7 Å². The third-order valence-corrected chi connectivity index (χ3v) is 7.19. The van der Waals surface area contributed by atoms with Gasteiger partial charge in [-0.15, -0.1) is 0 Å². The van der Waals surface area contributed by atoms with Gasteiger partial charge in [-0.25, -0.2) is 4.79 Å². The molecule has 3 aromatic rings. The van der Waals surface area contributed by atoms with Gasteiger partial charge >= 0.3 is 5.97 Å². The van der Waals surface area contributed by atoms with Gasteiger partial charge in [-0.2, -0.15) is 0 Å². The van der Waals surface area contributed by atoms with E-state index < -0.39 is 17.1 Å². The minimum atomic E-state index is -0.644. The van der Waals surface area contributed by atoms with Crippen molar-refractivity contribution < 1.29 is 33.0 Å². The van der Waals surface area contributed by atoms with E-state index in [0.717, 1.165) is 22.2 Å². The average molecular weight is 607 g/mol. The largest absolute Gasteiger partial charge is 0.490 e. The van der Waals surface area contributed by atoms with Gasteiger partial charge in [-0.3, -0.25) is 14.5 Å². The van der Waals surface area contributed by atoms with Gasteiger partial charge in [0.15, 0.2) is 11.5 Å². The summed E-state index contributed by atoms with van der Waals surface area (Å²) in [7, 11) is 1.23. The molecule has 0 N–H and O–H groups in total. The van der Waals surface area contributed by atoms with E-state index >= 15 is 0 Å². The zero-order chi connectivity index (χ0) is 26.5. The van der Waals surface area contributed by atoms with Crippen molar-refractivity contribution >= 4 is 62.5 Å². The first-order valence-electron chi connectivity index (χ1n) is 11.1. The van der Waals surface area contributed by atoms with Crippen molar-refractivity contribution in [3.05, 3.63) is 85.6 Å². The fraction of sp³-hybridized carbons (Fsp3) is 0.192. The van der Waals surface area contributed by atoms with E-state index in [0.29, 0.717) is 33.2 Å². The van der Waals surface area contributed by atoms with Crippen LogP contribution in [0.5, 0.6) is 11.5 Å². The number of benzene rings is 2. The summed E-state index contributed by atoms with van der Waals surface area (Å²) < 4.78 is 22.4. The minimum absolute atomic E-state index is 0.00996. The van der Waals surface area contributed by atoms with Crippen LogP contribution in [0.2, 0.25) is 5.02 Å². The molecule has 1 aliphatic rings. The molecule has 2 heterocycles. The van der Waals surface area contributed by atoms with Gasteiger partial charge in [0.05, 0.1) is 25.2 Å². The maximum atomic E-state index is 13.0. The highest BCUT2D eigenvalue weighted by atomic mass is 79.9. The highest BCUT2D eigenvalue weighted by molar-refractivity contribution is 9.10. The van der Waals surface area contributed by atoms with Crippen LogP contribution in [0.25, 0.3) is 6.08 Å². The molecule has 0 unspecified atom stereocenters. The molecule has 0 spiro atoms. The Kier molecular flexibility index (Phi) is 8.63. The number of amides is 2. The summed E-state index contributed by atoms with van der Waals surface area (Å²) in [5.74, 6) is 0.129. The van der Waals surface area contributed by atoms with Gasteiger partial charge in [0.25, 0.3) is 11.1 Å². The van der Waals surface area contributed by atoms with Crippen molar-refractivity contribution in [2.24, 2.45) is 0 Å². The summed E-state index contributed by atoms with van der Waals surface area (Å²) in [6.07, 6.45) is 1.61. The van der Waals surface area contributed by atoms with Crippen molar-refractivity contribution in [1.82, 2.24) is 4.90 Å². The first-order chi connectivity index (χ1) is 17.8. The fourth-order valence-corrected chi connectivity index (χ4v) is 4.88. The minimum Gasteiger partial charge on any atom is -0.490 e. The van der Waals surface area contributed by atoms with Gasteiger partial charge in [0.1, 0.15) is 12.4 Å². The van der Waals surface area contributed by atoms with Crippen LogP contribution in [0.3, 0.4) is 0 Å². The normalized spacial score (nSPS) is 14.4. The van der Waals surface area contributed by atoms with Crippen LogP contribution < -0.4 is 9.47 Å². The third-order valence-electron chi connectivity index (χ3n) is 5.23. The van der Waals surface area contributed by atoms with E-state index in [-0.39, 0.29) is 29.6 Å². The Morgan fingerprint density at radius 3 is 2.62 bits per heavy atom. The maximum absolute atomic E-state index is 13.0. The molecule has 0 atom stereocenters. The van der Waals surface area contributed by atoms with E-state index in [4.69, 9.17) is 25.5 Å². The molecule has 1 aliphatic heterocycles. The maximum Gasteiger partial charge on any atom is 0.373 e. The molecule has 1 aromatic heterocycles. The highest BCUT2D eigenvalue weighted by Crippen LogP contribution is 2.39. The number of hydrogen-bond acceptors (Lipinski definition) is 8. The van der Waals surface area contributed by atoms with Crippen LogP contribution in [0.1, 0.15) is 34.4 Å². The second-order valence-electron chi connectivity index (χ2n) is 7.66. The zero-order valence-electron chi connectivity index (χ0n) is 19.8. The fourth-order valence-electron chi connectivity index (χ4n) is 3.42. The number of nitrogens with zero attached hydrogens (tertiary/aromatic N) is 1. The standard InChI is InChI=1S/C26H21BrClNO7S/c1-3-34-21-10-16(18(27)12-22(21)35-14-15-6-4-5-7-19(15)28)11-23-24(30)29(26(32)37-23)13-17-8-9-20(36-17)25(31)33-2/h4-12H,3,13-14H2,1-2H3/b23-11+. The number of ether oxygens (including phenoxy) is 3. The Morgan fingerprint density at radius 1 is 1.14 bits per heavy atom. The average Bonchev–Trinajstić information content (AvgIpc) is 3.46. The van der Waals surface area contributed by atoms with E-state index in [9.17, 15) is 14.4 Å². The van der Waals surface area contributed by atoms with E-state index in [1.165, 1.54) is 19.2 Å². The van der Waals surface area contributed by atoms with Gasteiger partial charge < -0.3 is 18.6 Å². The molecular weight excluding hydrogens is 586 g/mol. The summed E-state index contributed by atoms with van der Waals surface area (Å²) in [4.78, 5) is 38.5. The number of furan rings is 1. The zero-order valence-corrected chi connectivity index (χ0v) is 22.9. The second kappa shape index (κ2) is 11.9. The lowest BCUT2D eigenvalue weighted by atomic mass is 10.1. The van der Waals surface area contributed by atoms with Crippen LogP contribution >= 0.6 is 39.3 Å². The monoisotopic (exact) mass is 605 g/mol. The van der Waals surface area contributed by atoms with Gasteiger partial charge in [-0.1, -0.05) is 45.7 Å². The predicted octanol–water partition coefficient (Wildman–Crippen LogP) is 6.70. The van der Waals surface area contributed by atoms with Crippen LogP contribution in [0.4, 0.5) is 4.79 Å². The van der Waals surface area contributed by atoms with Gasteiger partial charge in [-0.05, 0) is 60.7 Å². The van der Waals surface area contributed by atoms with Crippen molar-refractivity contribution in [2.45, 2.75) is 20.1 Å². The Balaban J connectivity index is 1.54. The van der Waals surface area contributed by atoms with E-state index in [1.54, 1.807) is 24.3 Å². The molecule has 0 aliphatic carbocycles. The summed E-state index contributed by atoms with van der Waals surface area (Å²) in [5.41, 5.74) is 1.46. The quantitative estimate of drug-likeness (QED) is 0.196. The first-order valence-corrected chi connectivity index (χ1v) is 13.0. The van der Waals surface area contributed by atoms with Crippen molar-refractivity contribution in [3.8, 4) is 11.5 Å². The number of halogens is 2.